The summed E-state index contributed by atoms with van der Waals surface area (Å²) >= 11 is 0. The Hall–Kier alpha value is -3.26. The first-order valence-electron chi connectivity index (χ1n) is 11.1. The van der Waals surface area contributed by atoms with Gasteiger partial charge in [0.25, 0.3) is 11.8 Å². The molecule has 3 rings (SSSR count). The molecule has 1 atom stereocenters. The summed E-state index contributed by atoms with van der Waals surface area (Å²) in [5, 5.41) is 2.50. The van der Waals surface area contributed by atoms with Crippen molar-refractivity contribution < 1.29 is 23.8 Å². The van der Waals surface area contributed by atoms with E-state index in [1.165, 1.54) is 7.11 Å². The minimum Gasteiger partial charge on any atom is -0.493 e. The molecule has 2 amide bonds. The smallest absolute Gasteiger partial charge is 0.257 e. The maximum Gasteiger partial charge on any atom is 0.257 e. The van der Waals surface area contributed by atoms with Gasteiger partial charge >= 0.3 is 0 Å². The fourth-order valence-electron chi connectivity index (χ4n) is 3.69. The van der Waals surface area contributed by atoms with Gasteiger partial charge in [0, 0.05) is 52.1 Å². The number of carbonyl (C=O) groups excluding carboxylic acids is 2. The fraction of sp³-hybridized carbons (Fsp3) is 0.440. The zero-order valence-corrected chi connectivity index (χ0v) is 19.8. The number of carbonyl (C=O) groups is 2. The zero-order valence-electron chi connectivity index (χ0n) is 19.8. The molecule has 1 heterocycles. The van der Waals surface area contributed by atoms with Crippen LogP contribution in [0.4, 0.5) is 5.69 Å². The number of nitrogens with one attached hydrogen (secondary N) is 1. The second kappa shape index (κ2) is 11.6. The Morgan fingerprint density at radius 3 is 2.48 bits per heavy atom. The molecule has 1 unspecified atom stereocenters. The van der Waals surface area contributed by atoms with Crippen LogP contribution in [0.1, 0.15) is 28.8 Å². The second-order valence-electron chi connectivity index (χ2n) is 8.21. The number of hydrogen-bond donors (Lipinski definition) is 1. The van der Waals surface area contributed by atoms with E-state index >= 15 is 0 Å². The molecule has 0 bridgehead atoms. The monoisotopic (exact) mass is 455 g/mol. The van der Waals surface area contributed by atoms with Gasteiger partial charge in [0.1, 0.15) is 0 Å². The molecule has 1 fully saturated rings. The van der Waals surface area contributed by atoms with Crippen molar-refractivity contribution in [2.24, 2.45) is 0 Å². The first kappa shape index (κ1) is 24.4. The fourth-order valence-corrected chi connectivity index (χ4v) is 3.69. The first-order valence-corrected chi connectivity index (χ1v) is 11.1. The van der Waals surface area contributed by atoms with Gasteiger partial charge in [-0.3, -0.25) is 9.59 Å². The molecule has 0 aromatic heterocycles. The Morgan fingerprint density at radius 2 is 1.88 bits per heavy atom. The number of rotatable bonds is 10. The Bertz CT molecular complexity index is 940. The maximum absolute atomic E-state index is 13.5. The highest BCUT2D eigenvalue weighted by molar-refractivity contribution is 5.95. The Labute approximate surface area is 195 Å². The van der Waals surface area contributed by atoms with E-state index in [-0.39, 0.29) is 24.5 Å². The SMILES string of the molecule is CNC(=O)COc1ccc(C(=O)N(Cc2ccc(N(C)C)cc2)CC2CCCO2)cc1OC. The molecule has 2 aromatic rings. The Kier molecular flexibility index (Phi) is 8.54. The average molecular weight is 456 g/mol. The molecule has 1 N–H and O–H groups in total. The van der Waals surface area contributed by atoms with Crippen LogP contribution in [0.5, 0.6) is 11.5 Å². The minimum atomic E-state index is -0.250. The summed E-state index contributed by atoms with van der Waals surface area (Å²) in [7, 11) is 7.05. The quantitative estimate of drug-likeness (QED) is 0.593. The van der Waals surface area contributed by atoms with E-state index in [1.807, 2.05) is 48.2 Å². The van der Waals surface area contributed by atoms with Crippen LogP contribution in [0.2, 0.25) is 0 Å². The van der Waals surface area contributed by atoms with Crippen molar-refractivity contribution in [1.29, 1.82) is 0 Å². The molecule has 1 aliphatic rings. The topological polar surface area (TPSA) is 80.3 Å². The second-order valence-corrected chi connectivity index (χ2v) is 8.21. The Balaban J connectivity index is 1.80. The van der Waals surface area contributed by atoms with E-state index in [0.29, 0.717) is 30.2 Å². The predicted octanol–water partition coefficient (Wildman–Crippen LogP) is 2.71. The van der Waals surface area contributed by atoms with Gasteiger partial charge in [-0.25, -0.2) is 0 Å². The molecule has 178 valence electrons. The van der Waals surface area contributed by atoms with Crippen LogP contribution < -0.4 is 19.7 Å². The van der Waals surface area contributed by atoms with Gasteiger partial charge in [0.15, 0.2) is 18.1 Å². The third kappa shape index (κ3) is 6.61. The average Bonchev–Trinajstić information content (AvgIpc) is 3.35. The van der Waals surface area contributed by atoms with Crippen molar-refractivity contribution in [3.63, 3.8) is 0 Å². The molecule has 0 spiro atoms. The van der Waals surface area contributed by atoms with Crippen molar-refractivity contribution in [2.45, 2.75) is 25.5 Å². The summed E-state index contributed by atoms with van der Waals surface area (Å²) in [6.07, 6.45) is 1.99. The van der Waals surface area contributed by atoms with E-state index in [9.17, 15) is 9.59 Å². The number of ether oxygens (including phenoxy) is 3. The van der Waals surface area contributed by atoms with E-state index < -0.39 is 0 Å². The molecule has 0 saturated carbocycles. The standard InChI is InChI=1S/C25H33N3O5/c1-26-24(29)17-33-22-12-9-19(14-23(22)31-4)25(30)28(16-21-6-5-13-32-21)15-18-7-10-20(11-8-18)27(2)3/h7-12,14,21H,5-6,13,15-17H2,1-4H3,(H,26,29). The van der Waals surface area contributed by atoms with Crippen LogP contribution in [0.3, 0.4) is 0 Å². The molecule has 0 aliphatic carbocycles. The maximum atomic E-state index is 13.5. The summed E-state index contributed by atoms with van der Waals surface area (Å²) in [4.78, 5) is 28.9. The molecule has 1 aliphatic heterocycles. The molecule has 1 saturated heterocycles. The minimum absolute atomic E-state index is 0.0343. The highest BCUT2D eigenvalue weighted by atomic mass is 16.5. The van der Waals surface area contributed by atoms with Gasteiger partial charge in [-0.2, -0.15) is 0 Å². The van der Waals surface area contributed by atoms with E-state index in [4.69, 9.17) is 14.2 Å². The third-order valence-electron chi connectivity index (χ3n) is 5.61. The van der Waals surface area contributed by atoms with Crippen LogP contribution in [0, 0.1) is 0 Å². The van der Waals surface area contributed by atoms with Gasteiger partial charge in [-0.05, 0) is 48.7 Å². The van der Waals surface area contributed by atoms with Gasteiger partial charge in [-0.1, -0.05) is 12.1 Å². The van der Waals surface area contributed by atoms with Crippen LogP contribution in [0.15, 0.2) is 42.5 Å². The van der Waals surface area contributed by atoms with Gasteiger partial charge in [0.2, 0.25) is 0 Å². The number of nitrogens with zero attached hydrogens (tertiary/aromatic N) is 2. The zero-order chi connectivity index (χ0) is 23.8. The number of hydrogen-bond acceptors (Lipinski definition) is 6. The number of methoxy groups -OCH3 is 1. The molecular formula is C25H33N3O5. The van der Waals surface area contributed by atoms with E-state index in [2.05, 4.69) is 5.32 Å². The normalized spacial score (nSPS) is 15.1. The van der Waals surface area contributed by atoms with E-state index in [1.54, 1.807) is 25.2 Å². The van der Waals surface area contributed by atoms with Crippen molar-refractivity contribution in [2.75, 3.05) is 52.9 Å². The van der Waals surface area contributed by atoms with Gasteiger partial charge in [0.05, 0.1) is 13.2 Å². The Morgan fingerprint density at radius 1 is 1.12 bits per heavy atom. The summed E-state index contributed by atoms with van der Waals surface area (Å²) in [5.41, 5.74) is 2.64. The molecule has 0 radical (unpaired) electrons. The number of amides is 2. The molecule has 8 heteroatoms. The van der Waals surface area contributed by atoms with E-state index in [0.717, 1.165) is 30.7 Å². The van der Waals surface area contributed by atoms with Crippen molar-refractivity contribution in [3.8, 4) is 11.5 Å². The lowest BCUT2D eigenvalue weighted by Gasteiger charge is -2.26. The van der Waals surface area contributed by atoms with Crippen LogP contribution >= 0.6 is 0 Å². The van der Waals surface area contributed by atoms with Crippen LogP contribution in [-0.2, 0) is 16.1 Å². The summed E-state index contributed by atoms with van der Waals surface area (Å²) in [5.74, 6) is 0.443. The largest absolute Gasteiger partial charge is 0.493 e. The molecule has 8 nitrogen and oxygen atoms in total. The number of anilines is 1. The van der Waals surface area contributed by atoms with Crippen molar-refractivity contribution >= 4 is 17.5 Å². The number of benzene rings is 2. The first-order chi connectivity index (χ1) is 15.9. The summed E-state index contributed by atoms with van der Waals surface area (Å²) < 4.78 is 16.7. The van der Waals surface area contributed by atoms with Crippen LogP contribution in [-0.4, -0.2) is 70.8 Å². The van der Waals surface area contributed by atoms with Crippen molar-refractivity contribution in [3.05, 3.63) is 53.6 Å². The molecule has 2 aromatic carbocycles. The van der Waals surface area contributed by atoms with Crippen LogP contribution in [0.25, 0.3) is 0 Å². The lowest BCUT2D eigenvalue weighted by atomic mass is 10.1. The number of likely N-dealkylation sites (N-methyl/N-ethyl adjacent to an activating group) is 1. The molecule has 33 heavy (non-hydrogen) atoms. The van der Waals surface area contributed by atoms with Gasteiger partial charge in [-0.15, -0.1) is 0 Å². The van der Waals surface area contributed by atoms with Crippen molar-refractivity contribution in [1.82, 2.24) is 10.2 Å². The lowest BCUT2D eigenvalue weighted by molar-refractivity contribution is -0.122. The highest BCUT2D eigenvalue weighted by Gasteiger charge is 2.24. The highest BCUT2D eigenvalue weighted by Crippen LogP contribution is 2.29. The molecular weight excluding hydrogens is 422 g/mol. The third-order valence-corrected chi connectivity index (χ3v) is 5.61. The summed E-state index contributed by atoms with van der Waals surface area (Å²) in [6, 6.07) is 13.2. The predicted molar refractivity (Wildman–Crippen MR) is 127 cm³/mol. The summed E-state index contributed by atoms with van der Waals surface area (Å²) in [6.45, 7) is 1.60. The lowest BCUT2D eigenvalue weighted by Crippen LogP contribution is -2.37. The van der Waals surface area contributed by atoms with Gasteiger partial charge < -0.3 is 29.3 Å².